The van der Waals surface area contributed by atoms with Crippen LogP contribution in [0.25, 0.3) is 0 Å². The van der Waals surface area contributed by atoms with Crippen molar-refractivity contribution in [3.8, 4) is 0 Å². The van der Waals surface area contributed by atoms with Crippen LogP contribution in [-0.4, -0.2) is 18.4 Å². The number of hydrogen-bond acceptors (Lipinski definition) is 4. The van der Waals surface area contributed by atoms with Crippen molar-refractivity contribution in [3.05, 3.63) is 29.3 Å². The Kier molecular flexibility index (Phi) is 3.68. The van der Waals surface area contributed by atoms with E-state index in [0.29, 0.717) is 30.8 Å². The number of amides is 1. The third kappa shape index (κ3) is 2.53. The fourth-order valence-electron chi connectivity index (χ4n) is 3.37. The highest BCUT2D eigenvalue weighted by Gasteiger charge is 2.40. The number of carbonyl (C=O) groups excluding carboxylic acids is 2. The van der Waals surface area contributed by atoms with E-state index in [4.69, 9.17) is 10.5 Å². The van der Waals surface area contributed by atoms with Crippen LogP contribution in [0.1, 0.15) is 48.0 Å². The second kappa shape index (κ2) is 5.48. The number of rotatable bonds is 4. The Morgan fingerprint density at radius 1 is 1.33 bits per heavy atom. The van der Waals surface area contributed by atoms with Gasteiger partial charge in [0, 0.05) is 11.3 Å². The average Bonchev–Trinajstić information content (AvgIpc) is 3.08. The van der Waals surface area contributed by atoms with Gasteiger partial charge in [0.1, 0.15) is 6.61 Å². The normalized spacial score (nSPS) is 19.2. The topological polar surface area (TPSA) is 81.4 Å². The van der Waals surface area contributed by atoms with Gasteiger partial charge in [-0.25, -0.2) is 4.79 Å². The first kappa shape index (κ1) is 14.1. The summed E-state index contributed by atoms with van der Waals surface area (Å²) in [7, 11) is 0. The van der Waals surface area contributed by atoms with Crippen LogP contribution in [0.15, 0.2) is 18.2 Å². The molecule has 3 rings (SSSR count). The summed E-state index contributed by atoms with van der Waals surface area (Å²) < 4.78 is 4.97. The summed E-state index contributed by atoms with van der Waals surface area (Å²) in [6, 6.07) is 5.36. The summed E-state index contributed by atoms with van der Waals surface area (Å²) in [5.74, 6) is -0.296. The molecular weight excluding hydrogens is 268 g/mol. The first-order chi connectivity index (χ1) is 10.1. The van der Waals surface area contributed by atoms with Gasteiger partial charge in [0.05, 0.1) is 11.0 Å². The van der Waals surface area contributed by atoms with Crippen molar-refractivity contribution in [3.63, 3.8) is 0 Å². The number of carbonyl (C=O) groups is 2. The summed E-state index contributed by atoms with van der Waals surface area (Å²) in [6.07, 6.45) is 4.64. The number of nitrogens with one attached hydrogen (secondary N) is 1. The first-order valence-electron chi connectivity index (χ1n) is 7.46. The van der Waals surface area contributed by atoms with E-state index >= 15 is 0 Å². The molecule has 0 aromatic heterocycles. The lowest BCUT2D eigenvalue weighted by molar-refractivity contribution is -0.125. The maximum absolute atomic E-state index is 12.6. The largest absolute Gasteiger partial charge is 0.457 e. The number of hydrogen-bond donors (Lipinski definition) is 2. The van der Waals surface area contributed by atoms with Gasteiger partial charge in [-0.15, -0.1) is 0 Å². The molecule has 2 aliphatic rings. The molecule has 1 aromatic carbocycles. The Morgan fingerprint density at radius 3 is 2.81 bits per heavy atom. The third-order valence-corrected chi connectivity index (χ3v) is 4.61. The van der Waals surface area contributed by atoms with Crippen molar-refractivity contribution in [1.82, 2.24) is 0 Å². The van der Waals surface area contributed by atoms with Crippen LogP contribution in [0.3, 0.4) is 0 Å². The molecule has 0 radical (unpaired) electrons. The molecule has 5 nitrogen and oxygen atoms in total. The Balaban J connectivity index is 1.78. The number of nitrogens with two attached hydrogens (primary N) is 1. The first-order valence-corrected chi connectivity index (χ1v) is 7.46. The molecule has 1 aliphatic heterocycles. The highest BCUT2D eigenvalue weighted by Crippen LogP contribution is 2.41. The van der Waals surface area contributed by atoms with Gasteiger partial charge < -0.3 is 15.8 Å². The van der Waals surface area contributed by atoms with E-state index in [-0.39, 0.29) is 17.3 Å². The zero-order valence-corrected chi connectivity index (χ0v) is 12.0. The average molecular weight is 288 g/mol. The van der Waals surface area contributed by atoms with Gasteiger partial charge in [-0.05, 0) is 37.9 Å². The van der Waals surface area contributed by atoms with Gasteiger partial charge in [-0.3, -0.25) is 4.79 Å². The van der Waals surface area contributed by atoms with E-state index in [0.717, 1.165) is 31.2 Å². The van der Waals surface area contributed by atoms with Gasteiger partial charge in [0.25, 0.3) is 0 Å². The smallest absolute Gasteiger partial charge is 0.338 e. The molecule has 0 unspecified atom stereocenters. The lowest BCUT2D eigenvalue weighted by Crippen LogP contribution is -2.35. The molecule has 0 atom stereocenters. The van der Waals surface area contributed by atoms with Gasteiger partial charge in [0.15, 0.2) is 0 Å². The van der Waals surface area contributed by atoms with Crippen molar-refractivity contribution in [1.29, 1.82) is 0 Å². The van der Waals surface area contributed by atoms with Crippen LogP contribution >= 0.6 is 0 Å². The van der Waals surface area contributed by atoms with Crippen LogP contribution in [0.5, 0.6) is 0 Å². The fraction of sp³-hybridized carbons (Fsp3) is 0.500. The Labute approximate surface area is 123 Å². The van der Waals surface area contributed by atoms with Gasteiger partial charge in [-0.2, -0.15) is 0 Å². The van der Waals surface area contributed by atoms with Gasteiger partial charge in [0.2, 0.25) is 5.91 Å². The molecule has 5 heteroatoms. The molecule has 0 bridgehead atoms. The van der Waals surface area contributed by atoms with Crippen LogP contribution in [-0.2, 0) is 16.1 Å². The minimum atomic E-state index is -0.339. The maximum atomic E-state index is 12.6. The van der Waals surface area contributed by atoms with E-state index in [1.807, 2.05) is 12.1 Å². The molecule has 3 N–H and O–H groups in total. The second-order valence-corrected chi connectivity index (χ2v) is 5.93. The summed E-state index contributed by atoms with van der Waals surface area (Å²) in [5.41, 5.74) is 7.41. The Bertz CT molecular complexity index is 577. The monoisotopic (exact) mass is 288 g/mol. The predicted octanol–water partition coefficient (Wildman–Crippen LogP) is 2.20. The van der Waals surface area contributed by atoms with Crippen molar-refractivity contribution in [2.24, 2.45) is 11.1 Å². The number of cyclic esters (lactones) is 1. The summed E-state index contributed by atoms with van der Waals surface area (Å²) in [5, 5.41) is 2.96. The van der Waals surface area contributed by atoms with E-state index in [9.17, 15) is 9.59 Å². The van der Waals surface area contributed by atoms with Crippen LogP contribution in [0.4, 0.5) is 5.69 Å². The highest BCUT2D eigenvalue weighted by molar-refractivity contribution is 5.98. The summed E-state index contributed by atoms with van der Waals surface area (Å²) in [4.78, 5) is 24.2. The Morgan fingerprint density at radius 2 is 2.10 bits per heavy atom. The molecular formula is C16H20N2O3. The fourth-order valence-corrected chi connectivity index (χ4v) is 3.37. The molecule has 1 amide bonds. The van der Waals surface area contributed by atoms with Crippen LogP contribution in [0, 0.1) is 5.41 Å². The van der Waals surface area contributed by atoms with Crippen molar-refractivity contribution in [2.75, 3.05) is 11.9 Å². The minimum Gasteiger partial charge on any atom is -0.457 e. The lowest BCUT2D eigenvalue weighted by atomic mass is 9.81. The van der Waals surface area contributed by atoms with Crippen molar-refractivity contribution >= 4 is 17.6 Å². The standard InChI is InChI=1S/C16H20N2O3/c17-8-7-16(5-1-2-6-16)15(20)18-12-4-3-11-10-21-14(19)13(11)9-12/h3-4,9H,1-2,5-8,10,17H2,(H,18,20). The quantitative estimate of drug-likeness (QED) is 0.832. The molecule has 112 valence electrons. The van der Waals surface area contributed by atoms with Gasteiger partial charge >= 0.3 is 5.97 Å². The number of benzene rings is 1. The van der Waals surface area contributed by atoms with Crippen LogP contribution < -0.4 is 11.1 Å². The number of anilines is 1. The zero-order chi connectivity index (χ0) is 14.9. The van der Waals surface area contributed by atoms with Crippen molar-refractivity contribution in [2.45, 2.75) is 38.7 Å². The highest BCUT2D eigenvalue weighted by atomic mass is 16.5. The zero-order valence-electron chi connectivity index (χ0n) is 12.0. The molecule has 1 aliphatic carbocycles. The van der Waals surface area contributed by atoms with Gasteiger partial charge in [-0.1, -0.05) is 18.9 Å². The second-order valence-electron chi connectivity index (χ2n) is 5.93. The maximum Gasteiger partial charge on any atom is 0.338 e. The molecule has 0 spiro atoms. The molecule has 1 aromatic rings. The molecule has 1 heterocycles. The molecule has 1 fully saturated rings. The van der Waals surface area contributed by atoms with Crippen molar-refractivity contribution < 1.29 is 14.3 Å². The number of fused-ring (bicyclic) bond motifs is 1. The SMILES string of the molecule is NCCC1(C(=O)Nc2ccc3c(c2)C(=O)OC3)CCCC1. The molecule has 1 saturated carbocycles. The Hall–Kier alpha value is -1.88. The third-order valence-electron chi connectivity index (χ3n) is 4.61. The molecule has 0 saturated heterocycles. The van der Waals surface area contributed by atoms with Crippen LogP contribution in [0.2, 0.25) is 0 Å². The summed E-state index contributed by atoms with van der Waals surface area (Å²) >= 11 is 0. The molecule has 21 heavy (non-hydrogen) atoms. The lowest BCUT2D eigenvalue weighted by Gasteiger charge is -2.27. The summed E-state index contributed by atoms with van der Waals surface area (Å²) in [6.45, 7) is 0.837. The number of esters is 1. The minimum absolute atomic E-state index is 0.0248. The van der Waals surface area contributed by atoms with E-state index < -0.39 is 0 Å². The van der Waals surface area contributed by atoms with E-state index in [2.05, 4.69) is 5.32 Å². The number of ether oxygens (including phenoxy) is 1. The van der Waals surface area contributed by atoms with E-state index in [1.54, 1.807) is 6.07 Å². The predicted molar refractivity (Wildman–Crippen MR) is 78.8 cm³/mol. The van der Waals surface area contributed by atoms with E-state index in [1.165, 1.54) is 0 Å².